The largest absolute Gasteiger partial charge is 1.00 e. The summed E-state index contributed by atoms with van der Waals surface area (Å²) in [6.45, 7) is -1.05. The van der Waals surface area contributed by atoms with Gasteiger partial charge in [0.25, 0.3) is 0 Å². The minimum absolute atomic E-state index is 0. The smallest absolute Gasteiger partial charge is 0.546 e. The minimum Gasteiger partial charge on any atom is -0.546 e. The number of hydrogen-bond acceptors (Lipinski definition) is 6. The molecule has 0 N–H and O–H groups in total. The molecule has 2 aromatic rings. The maximum absolute atomic E-state index is 10.0. The fourth-order valence-electron chi connectivity index (χ4n) is 1.46. The van der Waals surface area contributed by atoms with Crippen LogP contribution in [0.25, 0.3) is 0 Å². The fraction of sp³-hybridized carbons (Fsp3) is 0.125. The molecule has 2 rings (SSSR count). The molecule has 0 aromatic heterocycles. The Morgan fingerprint density at radius 3 is 1.29 bits per heavy atom. The molecule has 0 heterocycles. The second-order valence-corrected chi connectivity index (χ2v) is 6.16. The second-order valence-electron chi connectivity index (χ2n) is 4.47. The molecule has 0 saturated heterocycles. The van der Waals surface area contributed by atoms with Crippen molar-refractivity contribution in [3.8, 4) is 11.5 Å². The van der Waals surface area contributed by atoms with E-state index in [0.717, 1.165) is 0 Å². The molecule has 0 amide bonds. The van der Waals surface area contributed by atoms with Crippen LogP contribution < -0.4 is 78.8 Å². The van der Waals surface area contributed by atoms with Gasteiger partial charge in [-0.2, -0.15) is 0 Å². The molecule has 0 atom stereocenters. The van der Waals surface area contributed by atoms with Crippen LogP contribution in [-0.4, -0.2) is 25.2 Å². The molecular weight excluding hydrogens is 476 g/mol. The van der Waals surface area contributed by atoms with E-state index in [0.29, 0.717) is 10.0 Å². The van der Waals surface area contributed by atoms with Crippen LogP contribution in [0.3, 0.4) is 0 Å². The molecule has 140 valence electrons. The van der Waals surface area contributed by atoms with Crippen LogP contribution in [0.5, 0.6) is 11.5 Å². The number of ether oxygens (including phenoxy) is 2. The summed E-state index contributed by atoms with van der Waals surface area (Å²) in [4.78, 5) is 20.1. The Kier molecular flexibility index (Phi) is 17.2. The zero-order valence-corrected chi connectivity index (χ0v) is 21.9. The van der Waals surface area contributed by atoms with Crippen molar-refractivity contribution in [3.05, 3.63) is 56.5 Å². The van der Waals surface area contributed by atoms with Gasteiger partial charge < -0.3 is 29.3 Å². The van der Waals surface area contributed by atoms with E-state index in [1.54, 1.807) is 12.1 Å². The zero-order valence-electron chi connectivity index (χ0n) is 14.8. The first-order valence-corrected chi connectivity index (χ1v) is 8.25. The SMILES string of the molecule is O=C([O-])COc1ccc(Cl)cc1Cl.O=C([O-])COc1ccc(Cl)cc1Cl.[Na+].[Na+]. The summed E-state index contributed by atoms with van der Waals surface area (Å²) >= 11 is 22.6. The van der Waals surface area contributed by atoms with Gasteiger partial charge in [-0.25, -0.2) is 0 Å². The average Bonchev–Trinajstić information content (AvgIpc) is 2.53. The fourth-order valence-corrected chi connectivity index (χ4v) is 2.38. The number of hydrogen-bond donors (Lipinski definition) is 0. The maximum Gasteiger partial charge on any atom is 1.00 e. The molecule has 0 aliphatic rings. The van der Waals surface area contributed by atoms with Crippen LogP contribution in [-0.2, 0) is 9.59 Å². The first-order valence-electron chi connectivity index (χ1n) is 6.74. The van der Waals surface area contributed by atoms with E-state index in [4.69, 9.17) is 55.9 Å². The van der Waals surface area contributed by atoms with Gasteiger partial charge in [-0.1, -0.05) is 46.4 Å². The van der Waals surface area contributed by atoms with Crippen LogP contribution in [0.1, 0.15) is 0 Å². The Bertz CT molecular complexity index is 726. The third-order valence-corrected chi connectivity index (χ3v) is 3.54. The molecule has 0 aliphatic heterocycles. The summed E-state index contributed by atoms with van der Waals surface area (Å²) in [6.07, 6.45) is 0. The minimum atomic E-state index is -1.30. The summed E-state index contributed by atoms with van der Waals surface area (Å²) in [5.74, 6) is -2.05. The number of halogens is 4. The molecule has 0 fully saturated rings. The van der Waals surface area contributed by atoms with Gasteiger partial charge in [-0.15, -0.1) is 0 Å². The molecule has 0 aliphatic carbocycles. The maximum atomic E-state index is 10.0. The first kappa shape index (κ1) is 30.3. The molecule has 28 heavy (non-hydrogen) atoms. The summed E-state index contributed by atoms with van der Waals surface area (Å²) in [7, 11) is 0. The van der Waals surface area contributed by atoms with Crippen molar-refractivity contribution in [2.24, 2.45) is 0 Å². The predicted molar refractivity (Wildman–Crippen MR) is 93.9 cm³/mol. The average molecular weight is 486 g/mol. The zero-order chi connectivity index (χ0) is 19.7. The van der Waals surface area contributed by atoms with Crippen molar-refractivity contribution < 1.29 is 88.4 Å². The summed E-state index contributed by atoms with van der Waals surface area (Å²) in [5, 5.41) is 21.6. The monoisotopic (exact) mass is 484 g/mol. The van der Waals surface area contributed by atoms with Gasteiger partial charge in [0.1, 0.15) is 24.7 Å². The molecule has 2 aromatic carbocycles. The van der Waals surface area contributed by atoms with Crippen molar-refractivity contribution in [1.82, 2.24) is 0 Å². The van der Waals surface area contributed by atoms with E-state index in [1.807, 2.05) is 0 Å². The van der Waals surface area contributed by atoms with Gasteiger partial charge >= 0.3 is 59.1 Å². The van der Waals surface area contributed by atoms with Crippen molar-refractivity contribution in [3.63, 3.8) is 0 Å². The molecule has 0 saturated carbocycles. The van der Waals surface area contributed by atoms with E-state index in [9.17, 15) is 19.8 Å². The Balaban J connectivity index is 0. The number of carbonyl (C=O) groups is 2. The molecule has 6 nitrogen and oxygen atoms in total. The number of aliphatic carboxylic acids is 2. The van der Waals surface area contributed by atoms with Crippen molar-refractivity contribution in [2.75, 3.05) is 13.2 Å². The quantitative estimate of drug-likeness (QED) is 0.390. The van der Waals surface area contributed by atoms with E-state index in [2.05, 4.69) is 0 Å². The van der Waals surface area contributed by atoms with Gasteiger partial charge in [0.15, 0.2) is 0 Å². The Morgan fingerprint density at radius 2 is 1.04 bits per heavy atom. The molecular formula is C16H10Cl4Na2O6. The number of carboxylic acids is 2. The van der Waals surface area contributed by atoms with Gasteiger partial charge in [0, 0.05) is 10.0 Å². The summed E-state index contributed by atoms with van der Waals surface area (Å²) < 4.78 is 9.60. The van der Waals surface area contributed by atoms with Crippen LogP contribution in [0, 0.1) is 0 Å². The van der Waals surface area contributed by atoms with E-state index in [1.165, 1.54) is 24.3 Å². The third kappa shape index (κ3) is 12.6. The van der Waals surface area contributed by atoms with Crippen molar-refractivity contribution >= 4 is 58.3 Å². The third-order valence-electron chi connectivity index (χ3n) is 2.48. The van der Waals surface area contributed by atoms with Crippen LogP contribution in [0.2, 0.25) is 20.1 Å². The van der Waals surface area contributed by atoms with Gasteiger partial charge in [0.2, 0.25) is 0 Å². The summed E-state index contributed by atoms with van der Waals surface area (Å²) in [5.41, 5.74) is 0. The Hall–Kier alpha value is 0.140. The van der Waals surface area contributed by atoms with Crippen molar-refractivity contribution in [1.29, 1.82) is 0 Å². The molecule has 0 unspecified atom stereocenters. The molecule has 0 spiro atoms. The standard InChI is InChI=1S/2C8H6Cl2O3.2Na/c2*9-5-1-2-7(6(10)3-5)13-4-8(11)12;;/h2*1-3H,4H2,(H,11,12);;/q;;2*+1/p-2. The van der Waals surface area contributed by atoms with Gasteiger partial charge in [-0.05, 0) is 36.4 Å². The molecule has 0 bridgehead atoms. The number of benzene rings is 2. The van der Waals surface area contributed by atoms with Crippen LogP contribution in [0.15, 0.2) is 36.4 Å². The van der Waals surface area contributed by atoms with Gasteiger partial charge in [-0.3, -0.25) is 0 Å². The molecule has 0 radical (unpaired) electrons. The van der Waals surface area contributed by atoms with E-state index >= 15 is 0 Å². The van der Waals surface area contributed by atoms with Crippen molar-refractivity contribution in [2.45, 2.75) is 0 Å². The van der Waals surface area contributed by atoms with E-state index < -0.39 is 25.2 Å². The van der Waals surface area contributed by atoms with Crippen LogP contribution in [0.4, 0.5) is 0 Å². The van der Waals surface area contributed by atoms with Gasteiger partial charge in [0.05, 0.1) is 22.0 Å². The summed E-state index contributed by atoms with van der Waals surface area (Å²) in [6, 6.07) is 9.03. The Labute approximate surface area is 225 Å². The topological polar surface area (TPSA) is 98.7 Å². The first-order chi connectivity index (χ1) is 12.2. The normalized spacial score (nSPS) is 9.00. The Morgan fingerprint density at radius 1 is 0.714 bits per heavy atom. The number of rotatable bonds is 6. The number of carbonyl (C=O) groups excluding carboxylic acids is 2. The number of carboxylic acid groups (broad SMARTS) is 2. The predicted octanol–water partition coefficient (Wildman–Crippen LogP) is -3.75. The molecule has 12 heteroatoms. The van der Waals surface area contributed by atoms with E-state index in [-0.39, 0.29) is 80.7 Å². The second kappa shape index (κ2) is 15.9. The van der Waals surface area contributed by atoms with Crippen LogP contribution >= 0.6 is 46.4 Å².